The van der Waals surface area contributed by atoms with Gasteiger partial charge in [0.25, 0.3) is 0 Å². The van der Waals surface area contributed by atoms with Gasteiger partial charge in [0.05, 0.1) is 12.1 Å². The molecule has 0 unspecified atom stereocenters. The summed E-state index contributed by atoms with van der Waals surface area (Å²) >= 11 is 0. The number of nitrogens with zero attached hydrogens (tertiary/aromatic N) is 2. The Hall–Kier alpha value is -3.60. The number of benzene rings is 3. The third kappa shape index (κ3) is 4.29. The topological polar surface area (TPSA) is 56.1 Å². The van der Waals surface area contributed by atoms with E-state index in [1.165, 1.54) is 0 Å². The van der Waals surface area contributed by atoms with Gasteiger partial charge in [0.15, 0.2) is 0 Å². The van der Waals surface area contributed by atoms with Crippen molar-refractivity contribution in [2.45, 2.75) is 20.0 Å². The Balaban J connectivity index is 1.48. The Morgan fingerprint density at radius 2 is 1.69 bits per heavy atom. The number of carbonyl (C=O) groups is 1. The maximum atomic E-state index is 12.5. The molecule has 4 aromatic rings. The first-order valence-corrected chi connectivity index (χ1v) is 9.74. The molecule has 0 radical (unpaired) electrons. The highest BCUT2D eigenvalue weighted by Crippen LogP contribution is 2.27. The molecule has 0 aliphatic heterocycles. The van der Waals surface area contributed by atoms with Crippen molar-refractivity contribution in [2.24, 2.45) is 0 Å². The van der Waals surface area contributed by atoms with Gasteiger partial charge in [0.1, 0.15) is 18.0 Å². The van der Waals surface area contributed by atoms with Crippen molar-refractivity contribution in [3.05, 3.63) is 84.4 Å². The monoisotopic (exact) mass is 385 g/mol. The van der Waals surface area contributed by atoms with Crippen LogP contribution in [0.15, 0.2) is 78.9 Å². The van der Waals surface area contributed by atoms with Gasteiger partial charge in [-0.1, -0.05) is 60.7 Å². The highest BCUT2D eigenvalue weighted by Gasteiger charge is 2.13. The second kappa shape index (κ2) is 8.61. The van der Waals surface area contributed by atoms with Crippen LogP contribution in [0.25, 0.3) is 22.2 Å². The van der Waals surface area contributed by atoms with Crippen LogP contribution in [0.5, 0.6) is 5.75 Å². The van der Waals surface area contributed by atoms with Crippen LogP contribution in [0.3, 0.4) is 0 Å². The average Bonchev–Trinajstić information content (AvgIpc) is 3.13. The minimum atomic E-state index is -0.0771. The van der Waals surface area contributed by atoms with Gasteiger partial charge in [0, 0.05) is 17.5 Å². The molecule has 3 aromatic carbocycles. The number of ether oxygens (including phenoxy) is 1. The molecule has 0 saturated carbocycles. The highest BCUT2D eigenvalue weighted by molar-refractivity contribution is 5.94. The Kier molecular flexibility index (Phi) is 5.56. The van der Waals surface area contributed by atoms with E-state index < -0.39 is 0 Å². The number of carbonyl (C=O) groups excluding carboxylic acids is 1. The lowest BCUT2D eigenvalue weighted by Gasteiger charge is -2.08. The molecule has 1 amide bonds. The number of hydrogen-bond acceptors (Lipinski definition) is 3. The van der Waals surface area contributed by atoms with Crippen molar-refractivity contribution < 1.29 is 9.53 Å². The summed E-state index contributed by atoms with van der Waals surface area (Å²) in [5.41, 5.74) is 3.90. The maximum absolute atomic E-state index is 12.5. The van der Waals surface area contributed by atoms with Crippen molar-refractivity contribution in [1.29, 1.82) is 0 Å². The summed E-state index contributed by atoms with van der Waals surface area (Å²) in [4.78, 5) is 12.5. The number of aromatic nitrogens is 2. The summed E-state index contributed by atoms with van der Waals surface area (Å²) in [6, 6.07) is 25.8. The van der Waals surface area contributed by atoms with Gasteiger partial charge in [-0.3, -0.25) is 9.48 Å². The maximum Gasteiger partial charge on any atom is 0.242 e. The van der Waals surface area contributed by atoms with Crippen LogP contribution in [0.2, 0.25) is 0 Å². The van der Waals surface area contributed by atoms with Crippen LogP contribution in [0, 0.1) is 0 Å². The summed E-state index contributed by atoms with van der Waals surface area (Å²) < 4.78 is 7.22. The van der Waals surface area contributed by atoms with Crippen LogP contribution in [-0.4, -0.2) is 22.3 Å². The molecular formula is C24H23N3O2. The van der Waals surface area contributed by atoms with Crippen LogP contribution < -0.4 is 10.1 Å². The standard InChI is InChI=1S/C24H23N3O2/c1-2-29-20-14-12-18(13-15-20)16-25-23(28)17-27-22-11-7-6-10-21(22)24(26-27)19-8-4-3-5-9-19/h3-15H,2,16-17H2,1H3,(H,25,28). The van der Waals surface area contributed by atoms with E-state index in [2.05, 4.69) is 5.32 Å². The molecule has 1 aromatic heterocycles. The lowest BCUT2D eigenvalue weighted by Crippen LogP contribution is -2.27. The zero-order valence-corrected chi connectivity index (χ0v) is 16.3. The normalized spacial score (nSPS) is 10.8. The number of rotatable bonds is 7. The fraction of sp³-hybridized carbons (Fsp3) is 0.167. The molecule has 1 heterocycles. The molecule has 0 aliphatic rings. The largest absolute Gasteiger partial charge is 0.494 e. The number of hydrogen-bond donors (Lipinski definition) is 1. The fourth-order valence-corrected chi connectivity index (χ4v) is 3.32. The lowest BCUT2D eigenvalue weighted by molar-refractivity contribution is -0.121. The van der Waals surface area contributed by atoms with Crippen LogP contribution in [-0.2, 0) is 17.9 Å². The minimum absolute atomic E-state index is 0.0771. The molecule has 0 aliphatic carbocycles. The second-order valence-electron chi connectivity index (χ2n) is 6.74. The van der Waals surface area contributed by atoms with Gasteiger partial charge in [-0.2, -0.15) is 5.10 Å². The smallest absolute Gasteiger partial charge is 0.242 e. The fourth-order valence-electron chi connectivity index (χ4n) is 3.32. The summed E-state index contributed by atoms with van der Waals surface area (Å²) in [6.07, 6.45) is 0. The van der Waals surface area contributed by atoms with E-state index in [4.69, 9.17) is 9.84 Å². The Morgan fingerprint density at radius 3 is 2.45 bits per heavy atom. The van der Waals surface area contributed by atoms with Crippen molar-refractivity contribution in [1.82, 2.24) is 15.1 Å². The Labute approximate surface area is 169 Å². The summed E-state index contributed by atoms with van der Waals surface area (Å²) in [5.74, 6) is 0.755. The van der Waals surface area contributed by atoms with Crippen molar-refractivity contribution in [3.63, 3.8) is 0 Å². The van der Waals surface area contributed by atoms with E-state index in [1.54, 1.807) is 4.68 Å². The molecule has 0 saturated heterocycles. The predicted molar refractivity (Wildman–Crippen MR) is 115 cm³/mol. The number of amides is 1. The van der Waals surface area contributed by atoms with E-state index in [1.807, 2.05) is 85.8 Å². The molecule has 146 valence electrons. The zero-order chi connectivity index (χ0) is 20.1. The van der Waals surface area contributed by atoms with Gasteiger partial charge in [-0.15, -0.1) is 0 Å². The van der Waals surface area contributed by atoms with Gasteiger partial charge >= 0.3 is 0 Å². The quantitative estimate of drug-likeness (QED) is 0.512. The Morgan fingerprint density at radius 1 is 0.966 bits per heavy atom. The van der Waals surface area contributed by atoms with E-state index in [-0.39, 0.29) is 12.5 Å². The molecule has 4 rings (SSSR count). The molecular weight excluding hydrogens is 362 g/mol. The summed E-state index contributed by atoms with van der Waals surface area (Å²) in [6.45, 7) is 3.23. The molecule has 0 bridgehead atoms. The first kappa shape index (κ1) is 18.7. The molecule has 0 atom stereocenters. The molecule has 29 heavy (non-hydrogen) atoms. The van der Waals surface area contributed by atoms with Crippen molar-refractivity contribution in [3.8, 4) is 17.0 Å². The van der Waals surface area contributed by atoms with Crippen molar-refractivity contribution >= 4 is 16.8 Å². The minimum Gasteiger partial charge on any atom is -0.494 e. The van der Waals surface area contributed by atoms with Gasteiger partial charge in [-0.05, 0) is 30.7 Å². The second-order valence-corrected chi connectivity index (χ2v) is 6.74. The first-order valence-electron chi connectivity index (χ1n) is 9.74. The SMILES string of the molecule is CCOc1ccc(CNC(=O)Cn2nc(-c3ccccc3)c3ccccc32)cc1. The van der Waals surface area contributed by atoms with Gasteiger partial charge < -0.3 is 10.1 Å². The predicted octanol–water partition coefficient (Wildman–Crippen LogP) is 4.42. The first-order chi connectivity index (χ1) is 14.2. The average molecular weight is 385 g/mol. The highest BCUT2D eigenvalue weighted by atomic mass is 16.5. The number of para-hydroxylation sites is 1. The molecule has 0 fully saturated rings. The molecule has 5 heteroatoms. The lowest BCUT2D eigenvalue weighted by atomic mass is 10.1. The van der Waals surface area contributed by atoms with Crippen LogP contribution in [0.1, 0.15) is 12.5 Å². The van der Waals surface area contributed by atoms with Crippen LogP contribution >= 0.6 is 0 Å². The number of fused-ring (bicyclic) bond motifs is 1. The molecule has 1 N–H and O–H groups in total. The summed E-state index contributed by atoms with van der Waals surface area (Å²) in [7, 11) is 0. The van der Waals surface area contributed by atoms with Gasteiger partial charge in [0.2, 0.25) is 5.91 Å². The van der Waals surface area contributed by atoms with E-state index in [0.717, 1.165) is 33.5 Å². The Bertz CT molecular complexity index is 1100. The van der Waals surface area contributed by atoms with Gasteiger partial charge in [-0.25, -0.2) is 0 Å². The third-order valence-electron chi connectivity index (χ3n) is 4.72. The van der Waals surface area contributed by atoms with E-state index in [0.29, 0.717) is 13.2 Å². The van der Waals surface area contributed by atoms with Crippen LogP contribution in [0.4, 0.5) is 0 Å². The van der Waals surface area contributed by atoms with E-state index >= 15 is 0 Å². The van der Waals surface area contributed by atoms with Crippen molar-refractivity contribution in [2.75, 3.05) is 6.61 Å². The van der Waals surface area contributed by atoms with E-state index in [9.17, 15) is 4.79 Å². The molecule has 5 nitrogen and oxygen atoms in total. The molecule has 0 spiro atoms. The third-order valence-corrected chi connectivity index (χ3v) is 4.72. The zero-order valence-electron chi connectivity index (χ0n) is 16.3. The number of nitrogens with one attached hydrogen (secondary N) is 1. The summed E-state index contributed by atoms with van der Waals surface area (Å²) in [5, 5.41) is 8.74.